The number of ether oxygens (including phenoxy) is 4. The van der Waals surface area contributed by atoms with Gasteiger partial charge in [0.1, 0.15) is 30.2 Å². The molecule has 2 fully saturated rings. The minimum atomic E-state index is -1.29. The molecular formula is C37H58O10. The third-order valence-corrected chi connectivity index (χ3v) is 9.75. The monoisotopic (exact) mass is 662 g/mol. The topological polar surface area (TPSA) is 155 Å². The van der Waals surface area contributed by atoms with Crippen LogP contribution in [-0.2, 0) is 23.7 Å². The van der Waals surface area contributed by atoms with Crippen molar-refractivity contribution in [2.75, 3.05) is 19.8 Å². The number of rotatable bonds is 14. The van der Waals surface area contributed by atoms with Gasteiger partial charge in [-0.3, -0.25) is 4.79 Å². The van der Waals surface area contributed by atoms with Gasteiger partial charge in [0, 0.05) is 24.7 Å². The SMILES string of the molecule is CC1=C(/C=C/C(C)=C/C=C/C(C)=C/CC(=O)CCO[C@@H]2C(C)C(O)OC(CO)[C@H]2O[C@@H]2OC(CO)[C@@H](O)[C@H](O)C2C)C(C)(C)CCC1. The van der Waals surface area contributed by atoms with E-state index >= 15 is 0 Å². The van der Waals surface area contributed by atoms with Gasteiger partial charge in [0.05, 0.1) is 32.0 Å². The summed E-state index contributed by atoms with van der Waals surface area (Å²) in [7, 11) is 0. The molecule has 10 nitrogen and oxygen atoms in total. The lowest BCUT2D eigenvalue weighted by molar-refractivity contribution is -0.343. The van der Waals surface area contributed by atoms with Crippen LogP contribution in [0, 0.1) is 17.3 Å². The highest BCUT2D eigenvalue weighted by molar-refractivity contribution is 5.80. The maximum atomic E-state index is 12.7. The Morgan fingerprint density at radius 1 is 0.957 bits per heavy atom. The van der Waals surface area contributed by atoms with E-state index in [0.717, 1.165) is 17.6 Å². The number of hydrogen-bond donors (Lipinski definition) is 5. The fourth-order valence-electron chi connectivity index (χ4n) is 6.53. The molecule has 10 atom stereocenters. The van der Waals surface area contributed by atoms with Gasteiger partial charge in [-0.15, -0.1) is 0 Å². The van der Waals surface area contributed by atoms with Crippen molar-refractivity contribution >= 4 is 5.78 Å². The van der Waals surface area contributed by atoms with Crippen molar-refractivity contribution in [2.24, 2.45) is 17.3 Å². The molecule has 2 saturated heterocycles. The number of hydrogen-bond acceptors (Lipinski definition) is 10. The Hall–Kier alpha value is -1.99. The molecule has 0 aromatic carbocycles. The number of allylic oxidation sites excluding steroid dienone is 10. The van der Waals surface area contributed by atoms with Crippen molar-refractivity contribution in [1.29, 1.82) is 0 Å². The highest BCUT2D eigenvalue weighted by Crippen LogP contribution is 2.41. The van der Waals surface area contributed by atoms with E-state index in [1.165, 1.54) is 24.0 Å². The van der Waals surface area contributed by atoms with E-state index < -0.39 is 74.3 Å². The lowest BCUT2D eigenvalue weighted by Crippen LogP contribution is -2.61. The predicted octanol–water partition coefficient (Wildman–Crippen LogP) is 4.06. The summed E-state index contributed by atoms with van der Waals surface area (Å²) in [5.41, 5.74) is 5.22. The molecule has 2 aliphatic heterocycles. The summed E-state index contributed by atoms with van der Waals surface area (Å²) in [6.45, 7) is 13.3. The van der Waals surface area contributed by atoms with Crippen LogP contribution in [0.5, 0.6) is 0 Å². The molecule has 1 aliphatic carbocycles. The Labute approximate surface area is 280 Å². The van der Waals surface area contributed by atoms with Crippen molar-refractivity contribution in [3.8, 4) is 0 Å². The third kappa shape index (κ3) is 10.7. The lowest BCUT2D eigenvalue weighted by Gasteiger charge is -2.47. The van der Waals surface area contributed by atoms with Crippen molar-refractivity contribution in [3.63, 3.8) is 0 Å². The molecule has 266 valence electrons. The van der Waals surface area contributed by atoms with Crippen LogP contribution in [0.2, 0.25) is 0 Å². The summed E-state index contributed by atoms with van der Waals surface area (Å²) in [5.74, 6) is -1.27. The molecule has 0 spiro atoms. The fourth-order valence-corrected chi connectivity index (χ4v) is 6.53. The quantitative estimate of drug-likeness (QED) is 0.172. The third-order valence-electron chi connectivity index (χ3n) is 9.75. The molecule has 0 radical (unpaired) electrons. The summed E-state index contributed by atoms with van der Waals surface area (Å²) in [6.07, 6.45) is 7.79. The van der Waals surface area contributed by atoms with Crippen LogP contribution in [0.3, 0.4) is 0 Å². The Balaban J connectivity index is 1.54. The second-order valence-electron chi connectivity index (χ2n) is 14.1. The second-order valence-corrected chi connectivity index (χ2v) is 14.1. The zero-order valence-electron chi connectivity index (χ0n) is 29.2. The first-order chi connectivity index (χ1) is 22.2. The van der Waals surface area contributed by atoms with Crippen LogP contribution in [-0.4, -0.2) is 100 Å². The molecular weight excluding hydrogens is 604 g/mol. The van der Waals surface area contributed by atoms with E-state index in [4.69, 9.17) is 18.9 Å². The maximum Gasteiger partial charge on any atom is 0.163 e. The molecule has 5 unspecified atom stereocenters. The average Bonchev–Trinajstić information content (AvgIpc) is 3.02. The second kappa shape index (κ2) is 18.1. The van der Waals surface area contributed by atoms with Gasteiger partial charge in [0.2, 0.25) is 0 Å². The maximum absolute atomic E-state index is 12.7. The number of Topliss-reactive ketones (excluding diaryl/α,β-unsaturated/α-hetero) is 1. The Morgan fingerprint density at radius 2 is 1.66 bits per heavy atom. The molecule has 0 aromatic rings. The molecule has 3 aliphatic rings. The summed E-state index contributed by atoms with van der Waals surface area (Å²) < 4.78 is 23.5. The molecule has 10 heteroatoms. The number of carbonyl (C=O) groups excluding carboxylic acids is 1. The Bertz CT molecular complexity index is 1180. The number of aliphatic hydroxyl groups excluding tert-OH is 5. The molecule has 0 bridgehead atoms. The molecule has 0 amide bonds. The van der Waals surface area contributed by atoms with E-state index in [9.17, 15) is 30.3 Å². The number of ketones is 1. The number of aliphatic hydroxyl groups is 5. The molecule has 3 rings (SSSR count). The van der Waals surface area contributed by atoms with E-state index in [1.807, 2.05) is 25.2 Å². The van der Waals surface area contributed by atoms with Crippen LogP contribution in [0.4, 0.5) is 0 Å². The highest BCUT2D eigenvalue weighted by Gasteiger charge is 2.49. The molecule has 2 heterocycles. The van der Waals surface area contributed by atoms with Gasteiger partial charge < -0.3 is 44.5 Å². The van der Waals surface area contributed by atoms with Crippen molar-refractivity contribution in [1.82, 2.24) is 0 Å². The van der Waals surface area contributed by atoms with Crippen LogP contribution >= 0.6 is 0 Å². The first-order valence-electron chi connectivity index (χ1n) is 17.0. The summed E-state index contributed by atoms with van der Waals surface area (Å²) in [4.78, 5) is 12.7. The van der Waals surface area contributed by atoms with E-state index in [0.29, 0.717) is 0 Å². The van der Waals surface area contributed by atoms with Crippen LogP contribution in [0.25, 0.3) is 0 Å². The summed E-state index contributed by atoms with van der Waals surface area (Å²) in [6, 6.07) is 0. The first kappa shape index (κ1) is 39.4. The van der Waals surface area contributed by atoms with Gasteiger partial charge in [-0.2, -0.15) is 0 Å². The van der Waals surface area contributed by atoms with Gasteiger partial charge in [-0.05, 0) is 51.0 Å². The molecule has 0 aromatic heterocycles. The van der Waals surface area contributed by atoms with Crippen molar-refractivity contribution in [3.05, 3.63) is 58.7 Å². The normalized spacial score (nSPS) is 35.7. The number of carbonyl (C=O) groups is 1. The predicted molar refractivity (Wildman–Crippen MR) is 179 cm³/mol. The zero-order chi connectivity index (χ0) is 34.9. The Morgan fingerprint density at radius 3 is 2.32 bits per heavy atom. The molecule has 47 heavy (non-hydrogen) atoms. The van der Waals surface area contributed by atoms with Gasteiger partial charge in [-0.1, -0.05) is 80.9 Å². The minimum Gasteiger partial charge on any atom is -0.394 e. The van der Waals surface area contributed by atoms with Gasteiger partial charge in [0.25, 0.3) is 0 Å². The van der Waals surface area contributed by atoms with E-state index in [1.54, 1.807) is 13.8 Å². The van der Waals surface area contributed by atoms with Gasteiger partial charge in [0.15, 0.2) is 12.6 Å². The fraction of sp³-hybridized carbons (Fsp3) is 0.703. The molecule has 0 saturated carbocycles. The van der Waals surface area contributed by atoms with Crippen molar-refractivity contribution in [2.45, 2.75) is 130 Å². The first-order valence-corrected chi connectivity index (χ1v) is 17.0. The summed E-state index contributed by atoms with van der Waals surface area (Å²) >= 11 is 0. The molecule has 5 N–H and O–H groups in total. The lowest BCUT2D eigenvalue weighted by atomic mass is 9.72. The zero-order valence-corrected chi connectivity index (χ0v) is 29.2. The van der Waals surface area contributed by atoms with Gasteiger partial charge in [-0.25, -0.2) is 0 Å². The summed E-state index contributed by atoms with van der Waals surface area (Å²) in [5, 5.41) is 50.7. The standard InChI is InChI=1S/C37H58O10/c1-22(10-8-11-23(2)14-16-28-24(3)12-9-18-37(28,6)7)13-15-27(40)17-19-44-33-26(5)35(43)45-30(21-39)34(33)47-36-25(4)31(41)32(42)29(20-38)46-36/h8,10-11,13-14,16,25-26,29-36,38-39,41-43H,9,12,15,17-21H2,1-7H3/b10-8+,16-14+,22-13+,23-11+/t25?,26?,29?,30?,31-,32-,33-,34-,35?,36+/m1/s1. The minimum absolute atomic E-state index is 0.0188. The van der Waals surface area contributed by atoms with Crippen LogP contribution in [0.15, 0.2) is 58.7 Å². The van der Waals surface area contributed by atoms with E-state index in [2.05, 4.69) is 45.9 Å². The van der Waals surface area contributed by atoms with E-state index in [-0.39, 0.29) is 30.6 Å². The van der Waals surface area contributed by atoms with Crippen LogP contribution in [0.1, 0.15) is 80.6 Å². The smallest absolute Gasteiger partial charge is 0.163 e. The average molecular weight is 663 g/mol. The highest BCUT2D eigenvalue weighted by atomic mass is 16.7. The van der Waals surface area contributed by atoms with Gasteiger partial charge >= 0.3 is 0 Å². The largest absolute Gasteiger partial charge is 0.394 e. The Kier molecular flexibility index (Phi) is 15.2. The van der Waals surface area contributed by atoms with Crippen molar-refractivity contribution < 1.29 is 49.3 Å². The van der Waals surface area contributed by atoms with Crippen LogP contribution < -0.4 is 0 Å².